The van der Waals surface area contributed by atoms with Gasteiger partial charge in [-0.1, -0.05) is 6.07 Å². The second kappa shape index (κ2) is 7.49. The van der Waals surface area contributed by atoms with Crippen molar-refractivity contribution in [2.24, 2.45) is 0 Å². The molecule has 0 aliphatic carbocycles. The third kappa shape index (κ3) is 3.91. The largest absolute Gasteiger partial charge is 0.495 e. The lowest BCUT2D eigenvalue weighted by atomic mass is 10.1. The van der Waals surface area contributed by atoms with Gasteiger partial charge in [0.1, 0.15) is 5.75 Å². The highest BCUT2D eigenvalue weighted by atomic mass is 19.1. The molecule has 0 saturated carbocycles. The average Bonchev–Trinajstić information content (AvgIpc) is 2.59. The Morgan fingerprint density at radius 2 is 1.78 bits per heavy atom. The van der Waals surface area contributed by atoms with E-state index in [2.05, 4.69) is 10.1 Å². The molecule has 23 heavy (non-hydrogen) atoms. The lowest BCUT2D eigenvalue weighted by Crippen LogP contribution is -2.05. The standard InChI is InChI=1S/C17H18FNO4/c1-21-15-7-4-11(8-13(15)18)10-19-14-6-5-12(17(20)23-3)9-16(14)22-2/h4-9,19H,10H2,1-3H3. The molecule has 2 aromatic carbocycles. The van der Waals surface area contributed by atoms with E-state index in [0.29, 0.717) is 23.5 Å². The van der Waals surface area contributed by atoms with E-state index in [1.807, 2.05) is 0 Å². The Morgan fingerprint density at radius 1 is 1.04 bits per heavy atom. The number of hydrogen-bond acceptors (Lipinski definition) is 5. The molecule has 0 unspecified atom stereocenters. The van der Waals surface area contributed by atoms with Gasteiger partial charge in [0, 0.05) is 6.54 Å². The van der Waals surface area contributed by atoms with Crippen molar-refractivity contribution >= 4 is 11.7 Å². The van der Waals surface area contributed by atoms with Crippen molar-refractivity contribution in [3.63, 3.8) is 0 Å². The van der Waals surface area contributed by atoms with Gasteiger partial charge in [0.2, 0.25) is 0 Å². The number of carbonyl (C=O) groups is 1. The molecule has 0 heterocycles. The van der Waals surface area contributed by atoms with Gasteiger partial charge in [-0.3, -0.25) is 0 Å². The van der Waals surface area contributed by atoms with Crippen molar-refractivity contribution < 1.29 is 23.4 Å². The Hall–Kier alpha value is -2.76. The Labute approximate surface area is 134 Å². The van der Waals surface area contributed by atoms with Gasteiger partial charge in [-0.15, -0.1) is 0 Å². The minimum absolute atomic E-state index is 0.203. The second-order valence-electron chi connectivity index (χ2n) is 4.73. The highest BCUT2D eigenvalue weighted by molar-refractivity contribution is 5.90. The Morgan fingerprint density at radius 3 is 2.39 bits per heavy atom. The predicted molar refractivity (Wildman–Crippen MR) is 84.6 cm³/mol. The van der Waals surface area contributed by atoms with Crippen molar-refractivity contribution in [2.75, 3.05) is 26.6 Å². The van der Waals surface area contributed by atoms with Crippen molar-refractivity contribution in [1.82, 2.24) is 0 Å². The maximum atomic E-state index is 13.7. The van der Waals surface area contributed by atoms with E-state index in [1.54, 1.807) is 30.3 Å². The molecule has 0 spiro atoms. The molecule has 0 fully saturated rings. The molecule has 122 valence electrons. The fraction of sp³-hybridized carbons (Fsp3) is 0.235. The van der Waals surface area contributed by atoms with Crippen LogP contribution in [0.25, 0.3) is 0 Å². The summed E-state index contributed by atoms with van der Waals surface area (Å²) in [6.07, 6.45) is 0. The van der Waals surface area contributed by atoms with Crippen LogP contribution in [0.3, 0.4) is 0 Å². The summed E-state index contributed by atoms with van der Waals surface area (Å²) < 4.78 is 28.5. The van der Waals surface area contributed by atoms with Crippen LogP contribution in [0.4, 0.5) is 10.1 Å². The summed E-state index contributed by atoms with van der Waals surface area (Å²) in [5.41, 5.74) is 1.84. The van der Waals surface area contributed by atoms with Crippen LogP contribution in [0.1, 0.15) is 15.9 Å². The number of esters is 1. The summed E-state index contributed by atoms with van der Waals surface area (Å²) in [5, 5.41) is 3.14. The summed E-state index contributed by atoms with van der Waals surface area (Å²) in [6, 6.07) is 9.67. The first-order valence-electron chi connectivity index (χ1n) is 6.91. The van der Waals surface area contributed by atoms with Gasteiger partial charge in [0.05, 0.1) is 32.6 Å². The van der Waals surface area contributed by atoms with Gasteiger partial charge in [-0.25, -0.2) is 9.18 Å². The minimum Gasteiger partial charge on any atom is -0.495 e. The number of hydrogen-bond donors (Lipinski definition) is 1. The molecule has 2 aromatic rings. The molecule has 0 bridgehead atoms. The summed E-state index contributed by atoms with van der Waals surface area (Å²) in [5.74, 6) is -0.150. The van der Waals surface area contributed by atoms with Crippen LogP contribution in [0.2, 0.25) is 0 Å². The molecule has 5 nitrogen and oxygen atoms in total. The zero-order chi connectivity index (χ0) is 16.8. The van der Waals surface area contributed by atoms with E-state index in [9.17, 15) is 9.18 Å². The number of methoxy groups -OCH3 is 3. The number of ether oxygens (including phenoxy) is 3. The van der Waals surface area contributed by atoms with E-state index in [4.69, 9.17) is 9.47 Å². The van der Waals surface area contributed by atoms with Crippen molar-refractivity contribution in [1.29, 1.82) is 0 Å². The maximum Gasteiger partial charge on any atom is 0.337 e. The summed E-state index contributed by atoms with van der Waals surface area (Å²) >= 11 is 0. The molecule has 2 rings (SSSR count). The molecular formula is C17H18FNO4. The average molecular weight is 319 g/mol. The van der Waals surface area contributed by atoms with Gasteiger partial charge in [-0.2, -0.15) is 0 Å². The third-order valence-corrected chi connectivity index (χ3v) is 3.32. The predicted octanol–water partition coefficient (Wildman–Crippen LogP) is 3.24. The van der Waals surface area contributed by atoms with Gasteiger partial charge < -0.3 is 19.5 Å². The zero-order valence-electron chi connectivity index (χ0n) is 13.2. The molecule has 6 heteroatoms. The molecule has 0 aromatic heterocycles. The van der Waals surface area contributed by atoms with Crippen LogP contribution in [0, 0.1) is 5.82 Å². The molecule has 0 aliphatic heterocycles. The maximum absolute atomic E-state index is 13.7. The quantitative estimate of drug-likeness (QED) is 0.828. The van der Waals surface area contributed by atoms with Gasteiger partial charge in [0.25, 0.3) is 0 Å². The fourth-order valence-electron chi connectivity index (χ4n) is 2.10. The topological polar surface area (TPSA) is 56.8 Å². The highest BCUT2D eigenvalue weighted by Crippen LogP contribution is 2.27. The second-order valence-corrected chi connectivity index (χ2v) is 4.73. The number of carbonyl (C=O) groups excluding carboxylic acids is 1. The molecule has 0 radical (unpaired) electrons. The highest BCUT2D eigenvalue weighted by Gasteiger charge is 2.10. The van der Waals surface area contributed by atoms with E-state index < -0.39 is 11.8 Å². The van der Waals surface area contributed by atoms with E-state index in [-0.39, 0.29) is 5.75 Å². The molecule has 0 atom stereocenters. The van der Waals surface area contributed by atoms with Gasteiger partial charge >= 0.3 is 5.97 Å². The molecular weight excluding hydrogens is 301 g/mol. The zero-order valence-corrected chi connectivity index (χ0v) is 13.2. The first-order chi connectivity index (χ1) is 11.1. The summed E-state index contributed by atoms with van der Waals surface area (Å²) in [4.78, 5) is 11.5. The van der Waals surface area contributed by atoms with Crippen LogP contribution in [0.5, 0.6) is 11.5 Å². The molecule has 0 saturated heterocycles. The van der Waals surface area contributed by atoms with E-state index in [1.165, 1.54) is 27.4 Å². The van der Waals surface area contributed by atoms with Crippen LogP contribution in [-0.2, 0) is 11.3 Å². The van der Waals surface area contributed by atoms with Crippen LogP contribution >= 0.6 is 0 Å². The SMILES string of the molecule is COC(=O)c1ccc(NCc2ccc(OC)c(F)c2)c(OC)c1. The number of rotatable bonds is 6. The van der Waals surface area contributed by atoms with Crippen LogP contribution in [0.15, 0.2) is 36.4 Å². The minimum atomic E-state index is -0.438. The van der Waals surface area contributed by atoms with Crippen LogP contribution in [-0.4, -0.2) is 27.3 Å². The van der Waals surface area contributed by atoms with Gasteiger partial charge in [-0.05, 0) is 35.9 Å². The third-order valence-electron chi connectivity index (χ3n) is 3.32. The summed E-state index contributed by atoms with van der Waals surface area (Å²) in [6.45, 7) is 0.398. The number of benzene rings is 2. The van der Waals surface area contributed by atoms with Gasteiger partial charge in [0.15, 0.2) is 11.6 Å². The smallest absolute Gasteiger partial charge is 0.337 e. The first kappa shape index (κ1) is 16.6. The Balaban J connectivity index is 2.14. The normalized spacial score (nSPS) is 10.1. The summed E-state index contributed by atoms with van der Waals surface area (Å²) in [7, 11) is 4.25. The van der Waals surface area contributed by atoms with Crippen LogP contribution < -0.4 is 14.8 Å². The lowest BCUT2D eigenvalue weighted by Gasteiger charge is -2.13. The number of nitrogens with one attached hydrogen (secondary N) is 1. The fourth-order valence-corrected chi connectivity index (χ4v) is 2.10. The first-order valence-corrected chi connectivity index (χ1v) is 6.91. The number of anilines is 1. The molecule has 0 aliphatic rings. The van der Waals surface area contributed by atoms with E-state index >= 15 is 0 Å². The Bertz CT molecular complexity index is 703. The lowest BCUT2D eigenvalue weighted by molar-refractivity contribution is 0.0600. The van der Waals surface area contributed by atoms with E-state index in [0.717, 1.165) is 5.56 Å². The Kier molecular flexibility index (Phi) is 5.41. The molecule has 1 N–H and O–H groups in total. The monoisotopic (exact) mass is 319 g/mol. The molecule has 0 amide bonds. The van der Waals surface area contributed by atoms with Crippen molar-refractivity contribution in [3.05, 3.63) is 53.3 Å². The van der Waals surface area contributed by atoms with Crippen molar-refractivity contribution in [3.8, 4) is 11.5 Å². The van der Waals surface area contributed by atoms with Crippen molar-refractivity contribution in [2.45, 2.75) is 6.54 Å². The number of halogens is 1.